The molecular formula is C16H25Cl2N3O2S. The Labute approximate surface area is 159 Å². The third-order valence-corrected chi connectivity index (χ3v) is 4.44. The second kappa shape index (κ2) is 9.42. The Hall–Kier alpha value is -1.08. The number of carbonyl (C=O) groups is 1. The van der Waals surface area contributed by atoms with E-state index in [9.17, 15) is 4.79 Å². The number of hydrogen-bond acceptors (Lipinski definition) is 5. The molecule has 2 rings (SSSR count). The zero-order valence-electron chi connectivity index (χ0n) is 14.4. The highest BCUT2D eigenvalue weighted by atomic mass is 35.5. The average molecular weight is 394 g/mol. The van der Waals surface area contributed by atoms with Crippen LogP contribution in [0.2, 0.25) is 0 Å². The van der Waals surface area contributed by atoms with E-state index in [-0.39, 0.29) is 42.6 Å². The summed E-state index contributed by atoms with van der Waals surface area (Å²) >= 11 is 1.57. The number of oxazole rings is 1. The molecule has 0 aliphatic rings. The Morgan fingerprint density at radius 2 is 2.08 bits per heavy atom. The van der Waals surface area contributed by atoms with Crippen LogP contribution in [0.4, 0.5) is 0 Å². The lowest BCUT2D eigenvalue weighted by molar-refractivity contribution is -0.130. The maximum Gasteiger partial charge on any atom is 0.236 e. The molecule has 2 heterocycles. The van der Waals surface area contributed by atoms with E-state index in [1.54, 1.807) is 23.3 Å². The van der Waals surface area contributed by atoms with E-state index >= 15 is 0 Å². The van der Waals surface area contributed by atoms with Gasteiger partial charge in [-0.3, -0.25) is 4.79 Å². The summed E-state index contributed by atoms with van der Waals surface area (Å²) in [6.07, 6.45) is 0.248. The van der Waals surface area contributed by atoms with Crippen LogP contribution in [0.1, 0.15) is 25.3 Å². The van der Waals surface area contributed by atoms with Crippen LogP contribution in [-0.2, 0) is 11.2 Å². The molecule has 0 saturated carbocycles. The van der Waals surface area contributed by atoms with Crippen LogP contribution in [0.5, 0.6) is 0 Å². The van der Waals surface area contributed by atoms with Gasteiger partial charge >= 0.3 is 0 Å². The van der Waals surface area contributed by atoms with Crippen molar-refractivity contribution >= 4 is 42.1 Å². The molecule has 2 N–H and O–H groups in total. The van der Waals surface area contributed by atoms with Gasteiger partial charge in [0.15, 0.2) is 0 Å². The lowest BCUT2D eigenvalue weighted by Gasteiger charge is -2.28. The highest BCUT2D eigenvalue weighted by Gasteiger charge is 2.23. The SMILES string of the molecule is Cc1oc(-c2cccs2)nc1CC(=O)N(C)CC(C)(C)CN.Cl.Cl. The zero-order valence-corrected chi connectivity index (χ0v) is 16.8. The number of thiophene rings is 1. The molecule has 5 nitrogen and oxygen atoms in total. The van der Waals surface area contributed by atoms with Crippen molar-refractivity contribution in [3.8, 4) is 10.8 Å². The summed E-state index contributed by atoms with van der Waals surface area (Å²) in [5.74, 6) is 1.30. The number of nitrogens with two attached hydrogens (primary N) is 1. The van der Waals surface area contributed by atoms with Gasteiger partial charge in [-0.25, -0.2) is 4.98 Å². The van der Waals surface area contributed by atoms with Gasteiger partial charge in [0.1, 0.15) is 5.76 Å². The zero-order chi connectivity index (χ0) is 16.3. The number of halogens is 2. The predicted octanol–water partition coefficient (Wildman–Crippen LogP) is 3.54. The van der Waals surface area contributed by atoms with Crippen molar-refractivity contribution in [1.82, 2.24) is 9.88 Å². The van der Waals surface area contributed by atoms with Gasteiger partial charge in [0.05, 0.1) is 17.0 Å². The van der Waals surface area contributed by atoms with Crippen molar-refractivity contribution in [1.29, 1.82) is 0 Å². The van der Waals surface area contributed by atoms with Crippen molar-refractivity contribution in [2.75, 3.05) is 20.1 Å². The summed E-state index contributed by atoms with van der Waals surface area (Å²) in [4.78, 5) is 19.5. The van der Waals surface area contributed by atoms with Crippen LogP contribution in [0.25, 0.3) is 10.8 Å². The van der Waals surface area contributed by atoms with Crippen LogP contribution in [0.15, 0.2) is 21.9 Å². The van der Waals surface area contributed by atoms with Crippen molar-refractivity contribution in [2.24, 2.45) is 11.1 Å². The standard InChI is InChI=1S/C16H23N3O2S.2ClH/c1-11-12(18-15(21-11)13-6-5-7-22-13)8-14(20)19(4)10-16(2,3)9-17;;/h5-7H,8-10,17H2,1-4H3;2*1H. The van der Waals surface area contributed by atoms with E-state index in [0.717, 1.165) is 4.88 Å². The molecule has 2 aromatic heterocycles. The van der Waals surface area contributed by atoms with Crippen LogP contribution in [0, 0.1) is 12.3 Å². The van der Waals surface area contributed by atoms with Gasteiger partial charge in [0, 0.05) is 13.6 Å². The molecule has 0 atom stereocenters. The fourth-order valence-electron chi connectivity index (χ4n) is 2.17. The van der Waals surface area contributed by atoms with E-state index in [4.69, 9.17) is 10.2 Å². The Kier molecular flexibility index (Phi) is 8.99. The first kappa shape index (κ1) is 22.9. The fraction of sp³-hybridized carbons (Fsp3) is 0.500. The number of amides is 1. The number of carbonyl (C=O) groups excluding carboxylic acids is 1. The molecular weight excluding hydrogens is 369 g/mol. The van der Waals surface area contributed by atoms with Gasteiger partial charge in [-0.05, 0) is 30.3 Å². The lowest BCUT2D eigenvalue weighted by atomic mass is 9.93. The predicted molar refractivity (Wildman–Crippen MR) is 103 cm³/mol. The quantitative estimate of drug-likeness (QED) is 0.814. The third-order valence-electron chi connectivity index (χ3n) is 3.59. The molecule has 0 spiro atoms. The van der Waals surface area contributed by atoms with Gasteiger partial charge in [-0.2, -0.15) is 0 Å². The van der Waals surface area contributed by atoms with Gasteiger partial charge in [0.2, 0.25) is 11.8 Å². The first-order valence-electron chi connectivity index (χ1n) is 7.26. The molecule has 2 aromatic rings. The summed E-state index contributed by atoms with van der Waals surface area (Å²) in [5, 5.41) is 1.97. The largest absolute Gasteiger partial charge is 0.440 e. The van der Waals surface area contributed by atoms with Crippen molar-refractivity contribution in [3.05, 3.63) is 29.0 Å². The summed E-state index contributed by atoms with van der Waals surface area (Å²) in [7, 11) is 1.80. The van der Waals surface area contributed by atoms with Gasteiger partial charge in [-0.15, -0.1) is 36.2 Å². The van der Waals surface area contributed by atoms with Crippen molar-refractivity contribution < 1.29 is 9.21 Å². The molecule has 0 aromatic carbocycles. The Balaban J connectivity index is 0.00000264. The first-order chi connectivity index (χ1) is 10.3. The molecule has 1 amide bonds. The maximum atomic E-state index is 12.4. The number of hydrogen-bond donors (Lipinski definition) is 1. The molecule has 0 radical (unpaired) electrons. The Bertz CT molecular complexity index is 642. The van der Waals surface area contributed by atoms with Gasteiger partial charge < -0.3 is 15.1 Å². The molecule has 8 heteroatoms. The number of rotatable bonds is 6. The molecule has 0 saturated heterocycles. The molecule has 0 bridgehead atoms. The number of nitrogens with zero attached hydrogens (tertiary/aromatic N) is 2. The number of aromatic nitrogens is 1. The van der Waals surface area contributed by atoms with Crippen LogP contribution in [-0.4, -0.2) is 35.9 Å². The minimum absolute atomic E-state index is 0. The van der Waals surface area contributed by atoms with Gasteiger partial charge in [-0.1, -0.05) is 19.9 Å². The second-order valence-electron chi connectivity index (χ2n) is 6.29. The molecule has 0 unspecified atom stereocenters. The maximum absolute atomic E-state index is 12.4. The minimum atomic E-state index is -0.0919. The molecule has 0 aliphatic heterocycles. The molecule has 0 fully saturated rings. The summed E-state index contributed by atoms with van der Waals surface area (Å²) in [5.41, 5.74) is 6.33. The van der Waals surface area contributed by atoms with Crippen molar-refractivity contribution in [3.63, 3.8) is 0 Å². The van der Waals surface area contributed by atoms with E-state index in [0.29, 0.717) is 30.4 Å². The third kappa shape index (κ3) is 5.77. The molecule has 0 aliphatic carbocycles. The second-order valence-corrected chi connectivity index (χ2v) is 7.24. The minimum Gasteiger partial charge on any atom is -0.440 e. The van der Waals surface area contributed by atoms with E-state index in [1.807, 2.05) is 38.3 Å². The average Bonchev–Trinajstić information content (AvgIpc) is 3.08. The molecule has 136 valence electrons. The summed E-state index contributed by atoms with van der Waals surface area (Å²) in [6.45, 7) is 7.10. The lowest BCUT2D eigenvalue weighted by Crippen LogP contribution is -2.40. The van der Waals surface area contributed by atoms with E-state index in [2.05, 4.69) is 4.98 Å². The van der Waals surface area contributed by atoms with E-state index in [1.165, 1.54) is 0 Å². The fourth-order valence-corrected chi connectivity index (χ4v) is 2.82. The van der Waals surface area contributed by atoms with Gasteiger partial charge in [0.25, 0.3) is 0 Å². The summed E-state index contributed by atoms with van der Waals surface area (Å²) in [6, 6.07) is 3.91. The number of likely N-dealkylation sites (N-methyl/N-ethyl adjacent to an activating group) is 1. The smallest absolute Gasteiger partial charge is 0.236 e. The number of aryl methyl sites for hydroxylation is 1. The highest BCUT2D eigenvalue weighted by molar-refractivity contribution is 7.13. The normalized spacial score (nSPS) is 10.7. The first-order valence-corrected chi connectivity index (χ1v) is 8.14. The van der Waals surface area contributed by atoms with Crippen LogP contribution in [0.3, 0.4) is 0 Å². The van der Waals surface area contributed by atoms with E-state index < -0.39 is 0 Å². The van der Waals surface area contributed by atoms with Crippen LogP contribution < -0.4 is 5.73 Å². The Morgan fingerprint density at radius 1 is 1.42 bits per heavy atom. The highest BCUT2D eigenvalue weighted by Crippen LogP contribution is 2.26. The topological polar surface area (TPSA) is 72.4 Å². The monoisotopic (exact) mass is 393 g/mol. The Morgan fingerprint density at radius 3 is 2.62 bits per heavy atom. The van der Waals surface area contributed by atoms with Crippen LogP contribution >= 0.6 is 36.2 Å². The summed E-state index contributed by atoms with van der Waals surface area (Å²) < 4.78 is 5.67. The van der Waals surface area contributed by atoms with Crippen molar-refractivity contribution in [2.45, 2.75) is 27.2 Å². The molecule has 24 heavy (non-hydrogen) atoms.